The van der Waals surface area contributed by atoms with E-state index in [0.29, 0.717) is 12.5 Å². The van der Waals surface area contributed by atoms with Crippen LogP contribution in [0.5, 0.6) is 0 Å². The Kier molecular flexibility index (Phi) is 11.6. The normalized spacial score (nSPS) is 20.9. The van der Waals surface area contributed by atoms with Crippen LogP contribution in [0.2, 0.25) is 0 Å². The number of likely N-dealkylation sites (tertiary alicyclic amines) is 1. The summed E-state index contributed by atoms with van der Waals surface area (Å²) in [5.41, 5.74) is 1.27. The molecule has 2 saturated heterocycles. The van der Waals surface area contributed by atoms with Crippen LogP contribution >= 0.6 is 0 Å². The van der Waals surface area contributed by atoms with Crippen LogP contribution in [0.15, 0.2) is 42.9 Å². The Hall–Kier alpha value is -3.53. The summed E-state index contributed by atoms with van der Waals surface area (Å²) in [4.78, 5) is 35.9. The van der Waals surface area contributed by atoms with Gasteiger partial charge in [0.1, 0.15) is 0 Å². The van der Waals surface area contributed by atoms with E-state index >= 15 is 0 Å². The highest BCUT2D eigenvalue weighted by Gasteiger charge is 2.50. The van der Waals surface area contributed by atoms with E-state index in [-0.39, 0.29) is 5.41 Å². The van der Waals surface area contributed by atoms with E-state index in [2.05, 4.69) is 31.7 Å². The maximum atomic E-state index is 10.6. The van der Waals surface area contributed by atoms with Crippen LogP contribution in [0.1, 0.15) is 19.0 Å². The molecule has 0 aromatic carbocycles. The number of ether oxygens (including phenoxy) is 1. The standard InChI is InChI=1S/C20H27N5O.2C2HF3O2/c1-2-24-12-17(13-26-14-18-6-3-4-8-21-18)20(15-24)7-11-25(16-20)19-22-9-5-10-23-19;2*3-2(4,5)1(6)7/h3-6,8-10,17H,2,7,11-16H2,1H3;2*(H,6,7)/t17-,20-;;/m1../s1. The number of hydrogen-bond donors (Lipinski definition) is 2. The van der Waals surface area contributed by atoms with Crippen molar-refractivity contribution in [1.29, 1.82) is 0 Å². The summed E-state index contributed by atoms with van der Waals surface area (Å²) in [7, 11) is 0. The number of carboxylic acids is 2. The van der Waals surface area contributed by atoms with E-state index in [9.17, 15) is 26.3 Å². The quantitative estimate of drug-likeness (QED) is 0.489. The van der Waals surface area contributed by atoms with Gasteiger partial charge in [-0.25, -0.2) is 19.6 Å². The van der Waals surface area contributed by atoms with Crippen molar-refractivity contribution in [2.75, 3.05) is 44.2 Å². The predicted molar refractivity (Wildman–Crippen MR) is 128 cm³/mol. The molecule has 2 atom stereocenters. The van der Waals surface area contributed by atoms with Crippen molar-refractivity contribution >= 4 is 17.9 Å². The third kappa shape index (κ3) is 9.89. The summed E-state index contributed by atoms with van der Waals surface area (Å²) < 4.78 is 69.6. The van der Waals surface area contributed by atoms with Gasteiger partial charge in [-0.1, -0.05) is 13.0 Å². The second-order valence-corrected chi connectivity index (χ2v) is 9.05. The van der Waals surface area contributed by atoms with E-state index in [0.717, 1.165) is 51.0 Å². The fourth-order valence-electron chi connectivity index (χ4n) is 4.39. The first kappa shape index (κ1) is 32.7. The zero-order valence-electron chi connectivity index (χ0n) is 21.4. The molecule has 4 heterocycles. The Morgan fingerprint density at radius 1 is 0.975 bits per heavy atom. The van der Waals surface area contributed by atoms with Gasteiger partial charge in [0.2, 0.25) is 5.95 Å². The molecule has 2 aromatic rings. The van der Waals surface area contributed by atoms with Gasteiger partial charge in [0.25, 0.3) is 0 Å². The van der Waals surface area contributed by atoms with Gasteiger partial charge in [-0.3, -0.25) is 4.98 Å². The first-order chi connectivity index (χ1) is 18.7. The number of carbonyl (C=O) groups is 2. The Balaban J connectivity index is 0.000000333. The summed E-state index contributed by atoms with van der Waals surface area (Å²) in [5, 5.41) is 14.2. The molecule has 4 rings (SSSR count). The third-order valence-corrected chi connectivity index (χ3v) is 6.33. The van der Waals surface area contributed by atoms with E-state index < -0.39 is 24.3 Å². The topological polar surface area (TPSA) is 129 Å². The van der Waals surface area contributed by atoms with Crippen LogP contribution in [0, 0.1) is 11.3 Å². The molecule has 222 valence electrons. The molecule has 0 unspecified atom stereocenters. The first-order valence-corrected chi connectivity index (χ1v) is 12.0. The molecular formula is C24H29F6N5O5. The minimum atomic E-state index is -5.08. The maximum Gasteiger partial charge on any atom is 0.490 e. The molecule has 2 aliphatic heterocycles. The van der Waals surface area contributed by atoms with Crippen LogP contribution in [0.25, 0.3) is 0 Å². The molecule has 0 aliphatic carbocycles. The smallest absolute Gasteiger partial charge is 0.475 e. The highest BCUT2D eigenvalue weighted by Crippen LogP contribution is 2.44. The van der Waals surface area contributed by atoms with Gasteiger partial charge in [-0.05, 0) is 31.2 Å². The number of aromatic nitrogens is 3. The van der Waals surface area contributed by atoms with Crippen LogP contribution in [-0.2, 0) is 20.9 Å². The molecule has 2 aliphatic rings. The molecule has 1 spiro atoms. The number of anilines is 1. The summed E-state index contributed by atoms with van der Waals surface area (Å²) >= 11 is 0. The summed E-state index contributed by atoms with van der Waals surface area (Å²) in [5.74, 6) is -4.12. The average molecular weight is 582 g/mol. The van der Waals surface area contributed by atoms with Crippen molar-refractivity contribution < 1.29 is 50.9 Å². The van der Waals surface area contributed by atoms with Gasteiger partial charge in [0, 0.05) is 56.1 Å². The molecule has 10 nitrogen and oxygen atoms in total. The van der Waals surface area contributed by atoms with Gasteiger partial charge in [0.05, 0.1) is 18.9 Å². The lowest BCUT2D eigenvalue weighted by atomic mass is 9.77. The number of alkyl halides is 6. The zero-order chi connectivity index (χ0) is 30.0. The largest absolute Gasteiger partial charge is 0.490 e. The van der Waals surface area contributed by atoms with Crippen molar-refractivity contribution in [2.24, 2.45) is 11.3 Å². The molecule has 0 saturated carbocycles. The highest BCUT2D eigenvalue weighted by molar-refractivity contribution is 5.73. The fourth-order valence-corrected chi connectivity index (χ4v) is 4.39. The number of pyridine rings is 1. The molecule has 2 fully saturated rings. The SMILES string of the molecule is CCN1C[C@H](COCc2ccccn2)[C@]2(CCN(c3ncccn3)C2)C1.O=C(O)C(F)(F)F.O=C(O)C(F)(F)F. The summed E-state index contributed by atoms with van der Waals surface area (Å²) in [6, 6.07) is 7.84. The lowest BCUT2D eigenvalue weighted by Gasteiger charge is -2.30. The Labute approximate surface area is 225 Å². The van der Waals surface area contributed by atoms with Crippen LogP contribution in [0.3, 0.4) is 0 Å². The van der Waals surface area contributed by atoms with E-state index in [4.69, 9.17) is 24.5 Å². The summed E-state index contributed by atoms with van der Waals surface area (Å²) in [6.45, 7) is 9.02. The molecule has 16 heteroatoms. The van der Waals surface area contributed by atoms with Gasteiger partial charge < -0.3 is 24.7 Å². The molecule has 0 amide bonds. The van der Waals surface area contributed by atoms with Crippen molar-refractivity contribution in [3.05, 3.63) is 48.5 Å². The maximum absolute atomic E-state index is 10.6. The second-order valence-electron chi connectivity index (χ2n) is 9.05. The monoisotopic (exact) mass is 581 g/mol. The highest BCUT2D eigenvalue weighted by atomic mass is 19.4. The van der Waals surface area contributed by atoms with Crippen molar-refractivity contribution in [2.45, 2.75) is 32.3 Å². The number of aliphatic carboxylic acids is 2. The molecule has 2 aromatic heterocycles. The number of hydrogen-bond acceptors (Lipinski definition) is 8. The van der Waals surface area contributed by atoms with Crippen molar-refractivity contribution in [3.8, 4) is 0 Å². The van der Waals surface area contributed by atoms with Crippen LogP contribution in [-0.4, -0.2) is 93.7 Å². The molecule has 0 bridgehead atoms. The van der Waals surface area contributed by atoms with Crippen LogP contribution < -0.4 is 4.90 Å². The lowest BCUT2D eigenvalue weighted by Crippen LogP contribution is -2.36. The number of rotatable bonds is 6. The minimum Gasteiger partial charge on any atom is -0.475 e. The fraction of sp³-hybridized carbons (Fsp3) is 0.542. The van der Waals surface area contributed by atoms with Crippen molar-refractivity contribution in [3.63, 3.8) is 0 Å². The van der Waals surface area contributed by atoms with Gasteiger partial charge in [-0.2, -0.15) is 26.3 Å². The Morgan fingerprint density at radius 3 is 2.05 bits per heavy atom. The number of nitrogens with zero attached hydrogens (tertiary/aromatic N) is 5. The molecular weight excluding hydrogens is 552 g/mol. The van der Waals surface area contributed by atoms with Gasteiger partial charge >= 0.3 is 24.3 Å². The van der Waals surface area contributed by atoms with Gasteiger partial charge in [-0.15, -0.1) is 0 Å². The molecule has 2 N–H and O–H groups in total. The third-order valence-electron chi connectivity index (χ3n) is 6.33. The van der Waals surface area contributed by atoms with Gasteiger partial charge in [0.15, 0.2) is 0 Å². The second kappa shape index (κ2) is 14.2. The number of carboxylic acid groups (broad SMARTS) is 2. The zero-order valence-corrected chi connectivity index (χ0v) is 21.4. The van der Waals surface area contributed by atoms with Crippen LogP contribution in [0.4, 0.5) is 32.3 Å². The summed E-state index contributed by atoms with van der Waals surface area (Å²) in [6.07, 6.45) is -3.51. The lowest BCUT2D eigenvalue weighted by molar-refractivity contribution is -0.193. The Bertz CT molecular complexity index is 1050. The minimum absolute atomic E-state index is 0.277. The number of halogens is 6. The average Bonchev–Trinajstić information content (AvgIpc) is 3.48. The Morgan fingerprint density at radius 2 is 1.55 bits per heavy atom. The first-order valence-electron chi connectivity index (χ1n) is 12.0. The van der Waals surface area contributed by atoms with E-state index in [1.807, 2.05) is 42.9 Å². The van der Waals surface area contributed by atoms with E-state index in [1.165, 1.54) is 6.42 Å². The molecule has 0 radical (unpaired) electrons. The van der Waals surface area contributed by atoms with E-state index in [1.54, 1.807) is 0 Å². The van der Waals surface area contributed by atoms with Crippen molar-refractivity contribution in [1.82, 2.24) is 19.9 Å². The predicted octanol–water partition coefficient (Wildman–Crippen LogP) is 3.50. The molecule has 40 heavy (non-hydrogen) atoms.